The van der Waals surface area contributed by atoms with E-state index in [1.807, 2.05) is 54.5 Å². The van der Waals surface area contributed by atoms with Crippen molar-refractivity contribution >= 4 is 29.9 Å². The normalized spacial score (nSPS) is 22.8. The first-order chi connectivity index (χ1) is 13.3. The second-order valence-electron chi connectivity index (χ2n) is 6.94. The molecule has 2 unspecified atom stereocenters. The van der Waals surface area contributed by atoms with Crippen molar-refractivity contribution in [1.82, 2.24) is 20.0 Å². The van der Waals surface area contributed by atoms with Crippen LogP contribution in [0.5, 0.6) is 0 Å². The molecule has 1 aromatic heterocycles. The predicted octanol–water partition coefficient (Wildman–Crippen LogP) is 2.45. The summed E-state index contributed by atoms with van der Waals surface area (Å²) in [6, 6.07) is 10.1. The molecule has 0 bridgehead atoms. The predicted molar refractivity (Wildman–Crippen MR) is 119 cm³/mol. The van der Waals surface area contributed by atoms with Gasteiger partial charge in [0.05, 0.1) is 24.6 Å². The Morgan fingerprint density at radius 2 is 2.04 bits per heavy atom. The number of rotatable bonds is 4. The van der Waals surface area contributed by atoms with E-state index in [0.29, 0.717) is 13.2 Å². The van der Waals surface area contributed by atoms with Crippen LogP contribution in [0.1, 0.15) is 18.4 Å². The van der Waals surface area contributed by atoms with Gasteiger partial charge in [0.25, 0.3) is 0 Å². The SMILES string of the molecule is CN=C(NCc1cnn(-c2ccccc2)c1)N1CCOC(C2CCCO2)C1.I. The standard InChI is InChI=1S/C20H27N5O2.HI/c1-21-20(24-9-11-27-19(15-24)18-8-5-10-26-18)22-12-16-13-23-25(14-16)17-6-3-2-4-7-17;/h2-4,6-7,13-14,18-19H,5,8-12,15H2,1H3,(H,21,22);1H. The third-order valence-electron chi connectivity index (χ3n) is 5.09. The number of halogens is 1. The van der Waals surface area contributed by atoms with E-state index in [2.05, 4.69) is 20.3 Å². The number of nitrogens with one attached hydrogen (secondary N) is 1. The van der Waals surface area contributed by atoms with Crippen LogP contribution in [0, 0.1) is 0 Å². The van der Waals surface area contributed by atoms with E-state index in [4.69, 9.17) is 9.47 Å². The number of para-hydroxylation sites is 1. The van der Waals surface area contributed by atoms with Gasteiger partial charge in [-0.3, -0.25) is 4.99 Å². The highest BCUT2D eigenvalue weighted by Crippen LogP contribution is 2.21. The van der Waals surface area contributed by atoms with E-state index in [1.54, 1.807) is 0 Å². The van der Waals surface area contributed by atoms with E-state index in [9.17, 15) is 0 Å². The Morgan fingerprint density at radius 3 is 2.79 bits per heavy atom. The van der Waals surface area contributed by atoms with Gasteiger partial charge in [0.1, 0.15) is 6.10 Å². The van der Waals surface area contributed by atoms with Gasteiger partial charge >= 0.3 is 0 Å². The number of nitrogens with zero attached hydrogens (tertiary/aromatic N) is 4. The van der Waals surface area contributed by atoms with Gasteiger partial charge in [-0.2, -0.15) is 5.10 Å². The van der Waals surface area contributed by atoms with Gasteiger partial charge < -0.3 is 19.7 Å². The highest BCUT2D eigenvalue weighted by molar-refractivity contribution is 14.0. The van der Waals surface area contributed by atoms with E-state index in [0.717, 1.165) is 49.7 Å². The zero-order valence-electron chi connectivity index (χ0n) is 16.2. The lowest BCUT2D eigenvalue weighted by atomic mass is 10.1. The van der Waals surface area contributed by atoms with Crippen molar-refractivity contribution < 1.29 is 9.47 Å². The largest absolute Gasteiger partial charge is 0.375 e. The average Bonchev–Trinajstić information content (AvgIpc) is 3.42. The van der Waals surface area contributed by atoms with Gasteiger partial charge in [-0.15, -0.1) is 24.0 Å². The number of morpholine rings is 1. The molecule has 1 aromatic carbocycles. The molecule has 3 heterocycles. The van der Waals surface area contributed by atoms with Crippen LogP contribution in [0.15, 0.2) is 47.7 Å². The first-order valence-corrected chi connectivity index (χ1v) is 9.61. The molecule has 7 nitrogen and oxygen atoms in total. The summed E-state index contributed by atoms with van der Waals surface area (Å²) < 4.78 is 13.6. The minimum atomic E-state index is 0. The van der Waals surface area contributed by atoms with Gasteiger partial charge in [0.2, 0.25) is 0 Å². The van der Waals surface area contributed by atoms with Crippen LogP contribution in [0.3, 0.4) is 0 Å². The third-order valence-corrected chi connectivity index (χ3v) is 5.09. The maximum absolute atomic E-state index is 5.94. The monoisotopic (exact) mass is 497 g/mol. The van der Waals surface area contributed by atoms with Gasteiger partial charge in [-0.1, -0.05) is 18.2 Å². The molecule has 0 saturated carbocycles. The maximum atomic E-state index is 5.94. The molecule has 152 valence electrons. The molecule has 8 heteroatoms. The molecule has 2 fully saturated rings. The zero-order valence-corrected chi connectivity index (χ0v) is 18.5. The minimum Gasteiger partial charge on any atom is -0.375 e. The Balaban J connectivity index is 0.00000225. The maximum Gasteiger partial charge on any atom is 0.194 e. The van der Waals surface area contributed by atoms with Crippen LogP contribution in [0.25, 0.3) is 5.69 Å². The number of guanidine groups is 1. The van der Waals surface area contributed by atoms with Gasteiger partial charge in [-0.05, 0) is 25.0 Å². The second-order valence-corrected chi connectivity index (χ2v) is 6.94. The highest BCUT2D eigenvalue weighted by Gasteiger charge is 2.32. The van der Waals surface area contributed by atoms with Gasteiger partial charge in [0, 0.05) is 45.0 Å². The molecule has 2 aliphatic rings. The summed E-state index contributed by atoms with van der Waals surface area (Å²) in [5, 5.41) is 7.91. The fraction of sp³-hybridized carbons (Fsp3) is 0.500. The molecule has 2 atom stereocenters. The number of aromatic nitrogens is 2. The fourth-order valence-corrected chi connectivity index (χ4v) is 3.68. The van der Waals surface area contributed by atoms with Crippen molar-refractivity contribution in [3.05, 3.63) is 48.3 Å². The minimum absolute atomic E-state index is 0. The quantitative estimate of drug-likeness (QED) is 0.400. The summed E-state index contributed by atoms with van der Waals surface area (Å²) in [6.07, 6.45) is 6.49. The Hall–Kier alpha value is -1.65. The summed E-state index contributed by atoms with van der Waals surface area (Å²) in [5.41, 5.74) is 2.17. The summed E-state index contributed by atoms with van der Waals surface area (Å²) >= 11 is 0. The van der Waals surface area contributed by atoms with Gasteiger partial charge in [-0.25, -0.2) is 4.68 Å². The van der Waals surface area contributed by atoms with E-state index in [-0.39, 0.29) is 36.2 Å². The molecule has 2 aliphatic heterocycles. The van der Waals surface area contributed by atoms with E-state index < -0.39 is 0 Å². The number of hydrogen-bond donors (Lipinski definition) is 1. The van der Waals surface area contributed by atoms with Crippen LogP contribution in [0.4, 0.5) is 0 Å². The van der Waals surface area contributed by atoms with Crippen LogP contribution in [-0.2, 0) is 16.0 Å². The van der Waals surface area contributed by atoms with Gasteiger partial charge in [0.15, 0.2) is 5.96 Å². The molecule has 0 amide bonds. The molecule has 0 radical (unpaired) electrons. The van der Waals surface area contributed by atoms with Crippen molar-refractivity contribution in [2.75, 3.05) is 33.4 Å². The Morgan fingerprint density at radius 1 is 1.21 bits per heavy atom. The first kappa shape index (κ1) is 21.1. The molecule has 0 spiro atoms. The summed E-state index contributed by atoms with van der Waals surface area (Å²) in [5.74, 6) is 0.897. The second kappa shape index (κ2) is 10.2. The van der Waals surface area contributed by atoms with Crippen LogP contribution < -0.4 is 5.32 Å². The number of hydrogen-bond acceptors (Lipinski definition) is 4. The number of ether oxygens (including phenoxy) is 2. The van der Waals surface area contributed by atoms with Crippen molar-refractivity contribution in [2.45, 2.75) is 31.6 Å². The van der Waals surface area contributed by atoms with Crippen LogP contribution >= 0.6 is 24.0 Å². The summed E-state index contributed by atoms with van der Waals surface area (Å²) in [7, 11) is 1.83. The molecule has 28 heavy (non-hydrogen) atoms. The number of benzene rings is 1. The zero-order chi connectivity index (χ0) is 18.5. The summed E-state index contributed by atoms with van der Waals surface area (Å²) in [6.45, 7) is 3.89. The van der Waals surface area contributed by atoms with Crippen LogP contribution in [-0.4, -0.2) is 66.2 Å². The summed E-state index contributed by atoms with van der Waals surface area (Å²) in [4.78, 5) is 6.72. The Kier molecular flexibility index (Phi) is 7.69. The third kappa shape index (κ3) is 5.03. The van der Waals surface area contributed by atoms with Crippen molar-refractivity contribution in [2.24, 2.45) is 4.99 Å². The molecule has 0 aliphatic carbocycles. The lowest BCUT2D eigenvalue weighted by Gasteiger charge is -2.37. The lowest BCUT2D eigenvalue weighted by molar-refractivity contribution is -0.0817. The lowest BCUT2D eigenvalue weighted by Crippen LogP contribution is -2.53. The van der Waals surface area contributed by atoms with E-state index in [1.165, 1.54) is 0 Å². The molecular formula is C20H28IN5O2. The van der Waals surface area contributed by atoms with Crippen molar-refractivity contribution in [3.63, 3.8) is 0 Å². The van der Waals surface area contributed by atoms with Crippen LogP contribution in [0.2, 0.25) is 0 Å². The smallest absolute Gasteiger partial charge is 0.194 e. The molecule has 2 saturated heterocycles. The Bertz CT molecular complexity index is 761. The fourth-order valence-electron chi connectivity index (χ4n) is 3.68. The average molecular weight is 497 g/mol. The molecule has 4 rings (SSSR count). The van der Waals surface area contributed by atoms with Crippen molar-refractivity contribution in [1.29, 1.82) is 0 Å². The topological polar surface area (TPSA) is 63.9 Å². The van der Waals surface area contributed by atoms with E-state index >= 15 is 0 Å². The molecule has 2 aromatic rings. The first-order valence-electron chi connectivity index (χ1n) is 9.61. The highest BCUT2D eigenvalue weighted by atomic mass is 127. The molecule has 1 N–H and O–H groups in total. The number of aliphatic imine (C=N–C) groups is 1. The van der Waals surface area contributed by atoms with Crippen molar-refractivity contribution in [3.8, 4) is 5.69 Å². The Labute approximate surface area is 183 Å². The molecular weight excluding hydrogens is 469 g/mol.